The molecule has 1 aliphatic rings. The fraction of sp³-hybridized carbons (Fsp3) is 0.235. The first kappa shape index (κ1) is 19.1. The third kappa shape index (κ3) is 3.12. The quantitative estimate of drug-likeness (QED) is 0.515. The second-order valence-corrected chi connectivity index (χ2v) is 6.85. The lowest BCUT2D eigenvalue weighted by Crippen LogP contribution is -2.45. The van der Waals surface area contributed by atoms with Crippen LogP contribution >= 0.6 is 23.7 Å². The Morgan fingerprint density at radius 1 is 1.19 bits per heavy atom. The molecule has 2 aromatic heterocycles. The number of piperazine rings is 1. The van der Waals surface area contributed by atoms with E-state index in [0.717, 1.165) is 6.07 Å². The number of thiophene rings is 1. The Morgan fingerprint density at radius 2 is 1.89 bits per heavy atom. The van der Waals surface area contributed by atoms with Crippen LogP contribution < -0.4 is 19.7 Å². The lowest BCUT2D eigenvalue weighted by Gasteiger charge is -2.29. The molecule has 0 amide bonds. The maximum absolute atomic E-state index is 14.6. The summed E-state index contributed by atoms with van der Waals surface area (Å²) in [6.07, 6.45) is 0. The number of hydrogen-bond donors (Lipinski definition) is 1. The minimum Gasteiger partial charge on any atom is -0.617 e. The van der Waals surface area contributed by atoms with E-state index in [9.17, 15) is 20.1 Å². The molecule has 0 unspecified atom stereocenters. The fourth-order valence-electron chi connectivity index (χ4n) is 3.18. The lowest BCUT2D eigenvalue weighted by molar-refractivity contribution is -0.622. The van der Waals surface area contributed by atoms with E-state index < -0.39 is 5.82 Å². The van der Waals surface area contributed by atoms with E-state index in [0.29, 0.717) is 40.5 Å². The van der Waals surface area contributed by atoms with E-state index >= 15 is 0 Å². The molecule has 3 aromatic rings. The number of aromatic nitrogens is 2. The third-order valence-electron chi connectivity index (χ3n) is 4.43. The van der Waals surface area contributed by atoms with Gasteiger partial charge in [-0.15, -0.1) is 28.5 Å². The summed E-state index contributed by atoms with van der Waals surface area (Å²) in [5.41, 5.74) is -0.192. The van der Waals surface area contributed by atoms with E-state index in [1.807, 2.05) is 4.90 Å². The first-order valence-electron chi connectivity index (χ1n) is 8.04. The van der Waals surface area contributed by atoms with E-state index in [2.05, 4.69) is 5.32 Å². The molecule has 0 aliphatic carbocycles. The van der Waals surface area contributed by atoms with E-state index in [1.54, 1.807) is 23.6 Å². The van der Waals surface area contributed by atoms with Gasteiger partial charge in [-0.05, 0) is 11.4 Å². The fourth-order valence-corrected chi connectivity index (χ4v) is 3.93. The Hall–Kier alpha value is -2.67. The molecule has 0 atom stereocenters. The Balaban J connectivity index is 0.00000210. The van der Waals surface area contributed by atoms with Crippen molar-refractivity contribution in [1.29, 1.82) is 5.26 Å². The normalized spacial score (nSPS) is 14.0. The molecule has 27 heavy (non-hydrogen) atoms. The van der Waals surface area contributed by atoms with E-state index in [1.165, 1.54) is 17.4 Å². The lowest BCUT2D eigenvalue weighted by atomic mass is 10.2. The summed E-state index contributed by atoms with van der Waals surface area (Å²) in [4.78, 5) is 2.35. The van der Waals surface area contributed by atoms with Crippen LogP contribution in [0.25, 0.3) is 21.6 Å². The zero-order valence-electron chi connectivity index (χ0n) is 14.0. The van der Waals surface area contributed by atoms with E-state index in [4.69, 9.17) is 0 Å². The molecule has 10 heteroatoms. The maximum atomic E-state index is 14.6. The topological polar surface area (TPSA) is 92.9 Å². The van der Waals surface area contributed by atoms with Gasteiger partial charge in [-0.25, -0.2) is 4.39 Å². The second kappa shape index (κ2) is 7.52. The van der Waals surface area contributed by atoms with Crippen molar-refractivity contribution >= 4 is 40.5 Å². The standard InChI is InChI=1S/C17H14FN5O2S.ClH/c18-11-8-13-14(9-12(11)21-5-3-20-4-6-21)23(25)17(15(10-19)22(13)24)16-2-1-7-26-16;/h1-2,7-9,20H,3-6H2;1H. The SMILES string of the molecule is Cl.N#Cc1c(-c2cccs2)[n+]([O-])c2cc(N3CCNCC3)c(F)cc2[n+]1[O-]. The molecule has 0 radical (unpaired) electrons. The van der Waals surface area contributed by atoms with Crippen LogP contribution in [0.4, 0.5) is 10.1 Å². The highest BCUT2D eigenvalue weighted by atomic mass is 35.5. The van der Waals surface area contributed by atoms with Crippen LogP contribution in [0.1, 0.15) is 5.69 Å². The Labute approximate surface area is 164 Å². The highest BCUT2D eigenvalue weighted by molar-refractivity contribution is 7.13. The average molecular weight is 408 g/mol. The van der Waals surface area contributed by atoms with Crippen molar-refractivity contribution in [3.8, 4) is 16.6 Å². The monoisotopic (exact) mass is 407 g/mol. The number of anilines is 1. The summed E-state index contributed by atoms with van der Waals surface area (Å²) in [7, 11) is 0. The van der Waals surface area contributed by atoms with E-state index in [-0.39, 0.29) is 40.5 Å². The van der Waals surface area contributed by atoms with Gasteiger partial charge < -0.3 is 20.6 Å². The van der Waals surface area contributed by atoms with Gasteiger partial charge in [-0.2, -0.15) is 9.99 Å². The Bertz CT molecular complexity index is 1030. The molecule has 1 fully saturated rings. The number of halogens is 2. The minimum atomic E-state index is -0.586. The molecule has 1 N–H and O–H groups in total. The third-order valence-corrected chi connectivity index (χ3v) is 5.31. The van der Waals surface area contributed by atoms with Crippen LogP contribution in [0, 0.1) is 27.6 Å². The molecule has 1 aromatic carbocycles. The maximum Gasteiger partial charge on any atom is 0.370 e. The molecule has 4 rings (SSSR count). The molecular formula is C17H15ClFN5O2S. The second-order valence-electron chi connectivity index (χ2n) is 5.90. The number of rotatable bonds is 2. The Morgan fingerprint density at radius 3 is 2.52 bits per heavy atom. The Kier molecular flexibility index (Phi) is 5.32. The van der Waals surface area contributed by atoms with Gasteiger partial charge in [-0.3, -0.25) is 0 Å². The van der Waals surface area contributed by atoms with Crippen LogP contribution in [0.5, 0.6) is 0 Å². The van der Waals surface area contributed by atoms with Crippen molar-refractivity contribution < 1.29 is 13.9 Å². The number of nitrogens with zero attached hydrogens (tertiary/aromatic N) is 4. The predicted octanol–water partition coefficient (Wildman–Crippen LogP) is 1.68. The molecule has 1 aliphatic heterocycles. The first-order chi connectivity index (χ1) is 12.6. The number of fused-ring (bicyclic) bond motifs is 1. The van der Waals surface area contributed by atoms with Gasteiger partial charge in [-0.1, -0.05) is 6.07 Å². The largest absolute Gasteiger partial charge is 0.617 e. The molecule has 7 nitrogen and oxygen atoms in total. The molecule has 3 heterocycles. The zero-order valence-corrected chi connectivity index (χ0v) is 15.6. The van der Waals surface area contributed by atoms with Gasteiger partial charge in [0.15, 0.2) is 11.9 Å². The van der Waals surface area contributed by atoms with Gasteiger partial charge in [0.1, 0.15) is 4.88 Å². The summed E-state index contributed by atoms with van der Waals surface area (Å²) in [6, 6.07) is 7.61. The number of nitrogens with one attached hydrogen (secondary N) is 1. The minimum absolute atomic E-state index is 0. The van der Waals surface area contributed by atoms with Gasteiger partial charge in [0.05, 0.1) is 11.8 Å². The predicted molar refractivity (Wildman–Crippen MR) is 102 cm³/mol. The van der Waals surface area contributed by atoms with Crippen LogP contribution in [0.15, 0.2) is 29.6 Å². The van der Waals surface area contributed by atoms with Gasteiger partial charge in [0.25, 0.3) is 11.0 Å². The number of benzene rings is 1. The summed E-state index contributed by atoms with van der Waals surface area (Å²) in [5, 5.41) is 39.9. The van der Waals surface area contributed by atoms with Crippen LogP contribution in [0.2, 0.25) is 0 Å². The molecule has 0 spiro atoms. The zero-order chi connectivity index (χ0) is 18.3. The smallest absolute Gasteiger partial charge is 0.370 e. The van der Waals surface area contributed by atoms with Crippen molar-refractivity contribution in [2.75, 3.05) is 31.1 Å². The van der Waals surface area contributed by atoms with Crippen LogP contribution in [0.3, 0.4) is 0 Å². The highest BCUT2D eigenvalue weighted by Crippen LogP contribution is 2.28. The first-order valence-corrected chi connectivity index (χ1v) is 8.91. The summed E-state index contributed by atoms with van der Waals surface area (Å²) >= 11 is 1.26. The number of hydrogen-bond acceptors (Lipinski definition) is 6. The number of nitriles is 1. The van der Waals surface area contributed by atoms with Crippen molar-refractivity contribution in [3.63, 3.8) is 0 Å². The molecule has 0 bridgehead atoms. The van der Waals surface area contributed by atoms with Gasteiger partial charge in [0, 0.05) is 32.2 Å². The van der Waals surface area contributed by atoms with Crippen molar-refractivity contribution in [3.05, 3.63) is 51.6 Å². The van der Waals surface area contributed by atoms with Gasteiger partial charge in [0.2, 0.25) is 0 Å². The molecule has 140 valence electrons. The molecular weight excluding hydrogens is 393 g/mol. The molecule has 0 saturated carbocycles. The average Bonchev–Trinajstić information content (AvgIpc) is 3.19. The summed E-state index contributed by atoms with van der Waals surface area (Å²) in [5.74, 6) is -0.586. The summed E-state index contributed by atoms with van der Waals surface area (Å²) < 4.78 is 15.5. The van der Waals surface area contributed by atoms with Crippen LogP contribution in [-0.4, -0.2) is 26.2 Å². The highest BCUT2D eigenvalue weighted by Gasteiger charge is 2.32. The van der Waals surface area contributed by atoms with Crippen LogP contribution in [-0.2, 0) is 0 Å². The van der Waals surface area contributed by atoms with Crippen molar-refractivity contribution in [1.82, 2.24) is 5.32 Å². The van der Waals surface area contributed by atoms with Gasteiger partial charge >= 0.3 is 11.4 Å². The van der Waals surface area contributed by atoms with Crippen molar-refractivity contribution in [2.45, 2.75) is 0 Å². The van der Waals surface area contributed by atoms with Crippen molar-refractivity contribution in [2.24, 2.45) is 0 Å². The molecule has 1 saturated heterocycles. The summed E-state index contributed by atoms with van der Waals surface area (Å²) in [6.45, 7) is 2.63.